The highest BCUT2D eigenvalue weighted by Crippen LogP contribution is 2.56. The van der Waals surface area contributed by atoms with Gasteiger partial charge in [-0.25, -0.2) is 9.13 Å². The van der Waals surface area contributed by atoms with Crippen molar-refractivity contribution in [3.63, 3.8) is 0 Å². The van der Waals surface area contributed by atoms with Gasteiger partial charge >= 0.3 is 15.6 Å². The fraction of sp³-hybridized carbons (Fsp3) is 1.00. The maximum atomic E-state index is 10.3. The van der Waals surface area contributed by atoms with E-state index < -0.39 is 15.6 Å². The standard InChI is InChI=1S/C6H15O5P2/c1-3-10-13(9,11-4-2)6-5-12(7)8/h9H,3-6H2,1-2H3/q+1. The van der Waals surface area contributed by atoms with E-state index in [-0.39, 0.29) is 12.3 Å². The first-order chi connectivity index (χ1) is 6.04. The minimum atomic E-state index is -2.91. The van der Waals surface area contributed by atoms with Gasteiger partial charge in [0.05, 0.1) is 13.2 Å². The summed E-state index contributed by atoms with van der Waals surface area (Å²) in [6, 6.07) is 0. The van der Waals surface area contributed by atoms with Gasteiger partial charge in [0.1, 0.15) is 6.16 Å². The summed E-state index contributed by atoms with van der Waals surface area (Å²) in [6.07, 6.45) is -0.0486. The minimum Gasteiger partial charge on any atom is -0.237 e. The monoisotopic (exact) mass is 229 g/mol. The Morgan fingerprint density at radius 2 is 1.69 bits per heavy atom. The Labute approximate surface area is 78.8 Å². The molecule has 0 amide bonds. The van der Waals surface area contributed by atoms with Gasteiger partial charge in [-0.15, -0.1) is 0 Å². The van der Waals surface area contributed by atoms with Crippen LogP contribution >= 0.6 is 15.6 Å². The number of hydrogen-bond acceptors (Lipinski definition) is 5. The van der Waals surface area contributed by atoms with E-state index in [1.807, 2.05) is 0 Å². The topological polar surface area (TPSA) is 72.8 Å². The molecule has 0 aliphatic heterocycles. The van der Waals surface area contributed by atoms with Crippen molar-refractivity contribution in [2.45, 2.75) is 13.8 Å². The number of hydrogen-bond donors (Lipinski definition) is 1. The molecule has 0 radical (unpaired) electrons. The van der Waals surface area contributed by atoms with Crippen molar-refractivity contribution >= 4 is 15.6 Å². The Morgan fingerprint density at radius 1 is 1.23 bits per heavy atom. The molecule has 78 valence electrons. The van der Waals surface area contributed by atoms with Crippen LogP contribution in [0.25, 0.3) is 0 Å². The average molecular weight is 229 g/mol. The lowest BCUT2D eigenvalue weighted by Crippen LogP contribution is -2.07. The first-order valence-corrected chi connectivity index (χ1v) is 7.18. The zero-order valence-electron chi connectivity index (χ0n) is 7.80. The van der Waals surface area contributed by atoms with Crippen molar-refractivity contribution in [1.82, 2.24) is 0 Å². The molecule has 7 heteroatoms. The molecule has 0 spiro atoms. The molecule has 0 atom stereocenters. The highest BCUT2D eigenvalue weighted by atomic mass is 31.2. The zero-order valence-corrected chi connectivity index (χ0v) is 9.59. The molecule has 1 N–H and O–H groups in total. The van der Waals surface area contributed by atoms with Gasteiger partial charge in [-0.2, -0.15) is 13.9 Å². The molecule has 0 fully saturated rings. The molecule has 0 saturated heterocycles. The van der Waals surface area contributed by atoms with E-state index in [0.29, 0.717) is 13.2 Å². The second kappa shape index (κ2) is 6.63. The van der Waals surface area contributed by atoms with Gasteiger partial charge in [-0.3, -0.25) is 0 Å². The first kappa shape index (κ1) is 13.2. The molecule has 0 aromatic heterocycles. The van der Waals surface area contributed by atoms with Crippen molar-refractivity contribution in [1.29, 1.82) is 0 Å². The van der Waals surface area contributed by atoms with E-state index in [9.17, 15) is 14.0 Å². The van der Waals surface area contributed by atoms with Crippen molar-refractivity contribution in [2.24, 2.45) is 0 Å². The maximum Gasteiger partial charge on any atom is 0.409 e. The van der Waals surface area contributed by atoms with Crippen LogP contribution in [-0.4, -0.2) is 30.4 Å². The fourth-order valence-corrected chi connectivity index (χ4v) is 3.58. The molecule has 0 aliphatic rings. The molecule has 0 heterocycles. The lowest BCUT2D eigenvalue weighted by Gasteiger charge is -2.13. The highest BCUT2D eigenvalue weighted by molar-refractivity contribution is 7.61. The third kappa shape index (κ3) is 6.30. The van der Waals surface area contributed by atoms with E-state index in [1.54, 1.807) is 13.8 Å². The van der Waals surface area contributed by atoms with Gasteiger partial charge in [-0.05, 0) is 13.8 Å². The molecule has 0 unspecified atom stereocenters. The van der Waals surface area contributed by atoms with Crippen molar-refractivity contribution < 1.29 is 23.1 Å². The lowest BCUT2D eigenvalue weighted by molar-refractivity contribution is 0.191. The van der Waals surface area contributed by atoms with Gasteiger partial charge < -0.3 is 0 Å². The first-order valence-electron chi connectivity index (χ1n) is 4.05. The predicted octanol–water partition coefficient (Wildman–Crippen LogP) is 1.99. The van der Waals surface area contributed by atoms with Crippen molar-refractivity contribution in [2.75, 3.05) is 25.5 Å². The summed E-state index contributed by atoms with van der Waals surface area (Å²) in [5, 5.41) is 0. The van der Waals surface area contributed by atoms with Gasteiger partial charge in [-0.1, -0.05) is 0 Å². The maximum absolute atomic E-state index is 10.3. The van der Waals surface area contributed by atoms with Crippen molar-refractivity contribution in [3.8, 4) is 0 Å². The molecule has 0 saturated carbocycles. The second-order valence-electron chi connectivity index (χ2n) is 2.25. The summed E-state index contributed by atoms with van der Waals surface area (Å²) in [5.74, 6) is 0. The molecule has 5 nitrogen and oxygen atoms in total. The molecular formula is C6H15O5P2+. The smallest absolute Gasteiger partial charge is 0.237 e. The van der Waals surface area contributed by atoms with Gasteiger partial charge in [0, 0.05) is 0 Å². The van der Waals surface area contributed by atoms with Gasteiger partial charge in [0.2, 0.25) is 0 Å². The SMILES string of the molecule is CCO[P+](O)(CCP(=O)=O)OCC. The Kier molecular flexibility index (Phi) is 6.74. The van der Waals surface area contributed by atoms with Crippen LogP contribution in [0.1, 0.15) is 13.8 Å². The van der Waals surface area contributed by atoms with E-state index in [2.05, 4.69) is 0 Å². The van der Waals surface area contributed by atoms with Crippen LogP contribution in [0.4, 0.5) is 0 Å². The Morgan fingerprint density at radius 3 is 2.00 bits per heavy atom. The summed E-state index contributed by atoms with van der Waals surface area (Å²) in [6.45, 7) is 4.09. The Hall–Kier alpha value is 0.210. The van der Waals surface area contributed by atoms with E-state index in [1.165, 1.54) is 0 Å². The van der Waals surface area contributed by atoms with Crippen LogP contribution in [0.5, 0.6) is 0 Å². The fourth-order valence-electron chi connectivity index (χ4n) is 0.778. The molecular weight excluding hydrogens is 214 g/mol. The van der Waals surface area contributed by atoms with Crippen LogP contribution in [0.2, 0.25) is 0 Å². The Bertz CT molecular complexity index is 189. The summed E-state index contributed by atoms with van der Waals surface area (Å²) < 4.78 is 30.6. The molecule has 0 aromatic carbocycles. The summed E-state index contributed by atoms with van der Waals surface area (Å²) in [7, 11) is -5.39. The van der Waals surface area contributed by atoms with Crippen LogP contribution in [0, 0.1) is 0 Å². The molecule has 0 aliphatic carbocycles. The largest absolute Gasteiger partial charge is 0.409 e. The molecule has 0 bridgehead atoms. The normalized spacial score (nSPS) is 11.6. The number of rotatable bonds is 7. The van der Waals surface area contributed by atoms with Crippen LogP contribution in [-0.2, 0) is 18.2 Å². The average Bonchev–Trinajstić information content (AvgIpc) is 2.02. The van der Waals surface area contributed by atoms with Crippen LogP contribution in [0.3, 0.4) is 0 Å². The third-order valence-electron chi connectivity index (χ3n) is 1.23. The summed E-state index contributed by atoms with van der Waals surface area (Å²) >= 11 is 0. The minimum absolute atomic E-state index is 0.0490. The quantitative estimate of drug-likeness (QED) is 0.675. The molecule has 0 rings (SSSR count). The van der Waals surface area contributed by atoms with Crippen LogP contribution in [0.15, 0.2) is 0 Å². The van der Waals surface area contributed by atoms with E-state index in [0.717, 1.165) is 0 Å². The van der Waals surface area contributed by atoms with Gasteiger partial charge in [0.25, 0.3) is 0 Å². The lowest BCUT2D eigenvalue weighted by atomic mass is 10.9. The van der Waals surface area contributed by atoms with E-state index in [4.69, 9.17) is 9.05 Å². The molecule has 13 heavy (non-hydrogen) atoms. The Balaban J connectivity index is 4.05. The summed E-state index contributed by atoms with van der Waals surface area (Å²) in [4.78, 5) is 9.66. The van der Waals surface area contributed by atoms with Crippen molar-refractivity contribution in [3.05, 3.63) is 0 Å². The van der Waals surface area contributed by atoms with E-state index >= 15 is 0 Å². The highest BCUT2D eigenvalue weighted by Gasteiger charge is 2.39. The predicted molar refractivity (Wildman–Crippen MR) is 50.4 cm³/mol. The van der Waals surface area contributed by atoms with Crippen LogP contribution < -0.4 is 0 Å². The molecule has 0 aromatic rings. The second-order valence-corrected chi connectivity index (χ2v) is 5.60. The summed E-state index contributed by atoms with van der Waals surface area (Å²) in [5.41, 5.74) is 0. The van der Waals surface area contributed by atoms with Gasteiger partial charge in [0.15, 0.2) is 6.16 Å². The third-order valence-corrected chi connectivity index (χ3v) is 4.28. The zero-order chi connectivity index (χ0) is 10.3.